The van der Waals surface area contributed by atoms with Crippen molar-refractivity contribution in [3.05, 3.63) is 34.3 Å². The van der Waals surface area contributed by atoms with Gasteiger partial charge in [0.1, 0.15) is 0 Å². The summed E-state index contributed by atoms with van der Waals surface area (Å²) >= 11 is 3.34. The maximum absolute atomic E-state index is 11.8. The fraction of sp³-hybridized carbons (Fsp3) is 0.462. The van der Waals surface area contributed by atoms with Crippen molar-refractivity contribution in [2.75, 3.05) is 26.7 Å². The summed E-state index contributed by atoms with van der Waals surface area (Å²) in [6, 6.07) is 7.43. The molecule has 0 spiro atoms. The molecular weight excluding hydrogens is 282 g/mol. The number of Topliss-reactive ketones (excluding diaryl/α,β-unsaturated/α-hetero) is 1. The lowest BCUT2D eigenvalue weighted by molar-refractivity contribution is 0.0975. The largest absolute Gasteiger partial charge is 0.395 e. The normalized spacial score (nSPS) is 10.8. The number of aliphatic hydroxyl groups is 1. The summed E-state index contributed by atoms with van der Waals surface area (Å²) in [7, 11) is 1.94. The molecule has 0 saturated carbocycles. The summed E-state index contributed by atoms with van der Waals surface area (Å²) < 4.78 is 0.983. The number of halogens is 1. The van der Waals surface area contributed by atoms with E-state index in [4.69, 9.17) is 5.11 Å². The maximum Gasteiger partial charge on any atom is 0.162 e. The summed E-state index contributed by atoms with van der Waals surface area (Å²) in [6.07, 6.45) is 1.38. The molecule has 0 aliphatic heterocycles. The molecule has 0 aromatic heterocycles. The number of ketones is 1. The Morgan fingerprint density at radius 3 is 2.53 bits per heavy atom. The van der Waals surface area contributed by atoms with Crippen LogP contribution in [-0.2, 0) is 0 Å². The number of benzene rings is 1. The van der Waals surface area contributed by atoms with Crippen molar-refractivity contribution in [2.45, 2.75) is 12.8 Å². The highest BCUT2D eigenvalue weighted by molar-refractivity contribution is 9.10. The topological polar surface area (TPSA) is 40.5 Å². The van der Waals surface area contributed by atoms with Crippen molar-refractivity contribution in [1.29, 1.82) is 0 Å². The van der Waals surface area contributed by atoms with Crippen LogP contribution in [0.2, 0.25) is 0 Å². The van der Waals surface area contributed by atoms with Crippen molar-refractivity contribution in [3.8, 4) is 0 Å². The fourth-order valence-electron chi connectivity index (χ4n) is 1.57. The van der Waals surface area contributed by atoms with E-state index in [0.29, 0.717) is 13.0 Å². The van der Waals surface area contributed by atoms with Gasteiger partial charge in [-0.05, 0) is 32.1 Å². The highest BCUT2D eigenvalue weighted by atomic mass is 79.9. The number of aliphatic hydroxyl groups excluding tert-OH is 1. The van der Waals surface area contributed by atoms with Crippen LogP contribution in [0.3, 0.4) is 0 Å². The number of hydrogen-bond acceptors (Lipinski definition) is 3. The molecule has 1 N–H and O–H groups in total. The van der Waals surface area contributed by atoms with Crippen LogP contribution in [0.25, 0.3) is 0 Å². The second kappa shape index (κ2) is 7.58. The van der Waals surface area contributed by atoms with Crippen LogP contribution in [-0.4, -0.2) is 42.5 Å². The van der Waals surface area contributed by atoms with Gasteiger partial charge in [0.15, 0.2) is 5.78 Å². The predicted molar refractivity (Wildman–Crippen MR) is 72.3 cm³/mol. The SMILES string of the molecule is CN(CCO)CCCC(=O)c1ccc(Br)cc1. The molecule has 1 aromatic carbocycles. The highest BCUT2D eigenvalue weighted by Crippen LogP contribution is 2.12. The molecule has 17 heavy (non-hydrogen) atoms. The summed E-state index contributed by atoms with van der Waals surface area (Å²) in [6.45, 7) is 1.66. The quantitative estimate of drug-likeness (QED) is 0.786. The highest BCUT2D eigenvalue weighted by Gasteiger charge is 2.06. The molecule has 0 unspecified atom stereocenters. The summed E-state index contributed by atoms with van der Waals surface area (Å²) in [5.74, 6) is 0.176. The zero-order valence-corrected chi connectivity index (χ0v) is 11.6. The molecule has 0 radical (unpaired) electrons. The van der Waals surface area contributed by atoms with Gasteiger partial charge < -0.3 is 10.0 Å². The van der Waals surface area contributed by atoms with Crippen molar-refractivity contribution < 1.29 is 9.90 Å². The van der Waals surface area contributed by atoms with E-state index in [9.17, 15) is 4.79 Å². The zero-order chi connectivity index (χ0) is 12.7. The van der Waals surface area contributed by atoms with Crippen molar-refractivity contribution >= 4 is 21.7 Å². The number of rotatable bonds is 7. The molecule has 3 nitrogen and oxygen atoms in total. The van der Waals surface area contributed by atoms with Crippen LogP contribution in [0, 0.1) is 0 Å². The van der Waals surface area contributed by atoms with E-state index in [-0.39, 0.29) is 12.4 Å². The van der Waals surface area contributed by atoms with Gasteiger partial charge in [-0.25, -0.2) is 0 Å². The van der Waals surface area contributed by atoms with Gasteiger partial charge in [0.05, 0.1) is 6.61 Å². The van der Waals surface area contributed by atoms with E-state index < -0.39 is 0 Å². The molecule has 0 atom stereocenters. The Kier molecular flexibility index (Phi) is 6.40. The Morgan fingerprint density at radius 2 is 1.94 bits per heavy atom. The molecule has 0 aliphatic carbocycles. The summed E-state index contributed by atoms with van der Waals surface area (Å²) in [4.78, 5) is 13.8. The lowest BCUT2D eigenvalue weighted by Crippen LogP contribution is -2.23. The third kappa shape index (κ3) is 5.44. The Bertz CT molecular complexity index is 351. The minimum Gasteiger partial charge on any atom is -0.395 e. The molecule has 0 bridgehead atoms. The predicted octanol–water partition coefficient (Wildman–Crippen LogP) is 2.34. The van der Waals surface area contributed by atoms with E-state index in [1.807, 2.05) is 36.2 Å². The Labute approximate surface area is 111 Å². The van der Waals surface area contributed by atoms with Gasteiger partial charge in [0, 0.05) is 23.0 Å². The molecule has 94 valence electrons. The Morgan fingerprint density at radius 1 is 1.29 bits per heavy atom. The Balaban J connectivity index is 2.32. The van der Waals surface area contributed by atoms with E-state index >= 15 is 0 Å². The molecule has 0 fully saturated rings. The van der Waals surface area contributed by atoms with Crippen molar-refractivity contribution in [2.24, 2.45) is 0 Å². The van der Waals surface area contributed by atoms with Crippen LogP contribution < -0.4 is 0 Å². The first-order valence-electron chi connectivity index (χ1n) is 5.71. The van der Waals surface area contributed by atoms with Crippen LogP contribution in [0.5, 0.6) is 0 Å². The maximum atomic E-state index is 11.8. The molecule has 0 amide bonds. The number of carbonyl (C=O) groups excluding carboxylic acids is 1. The minimum atomic E-state index is 0.164. The van der Waals surface area contributed by atoms with Gasteiger partial charge >= 0.3 is 0 Å². The molecule has 1 aromatic rings. The molecule has 4 heteroatoms. The lowest BCUT2D eigenvalue weighted by Gasteiger charge is -2.14. The van der Waals surface area contributed by atoms with E-state index in [1.54, 1.807) is 0 Å². The van der Waals surface area contributed by atoms with Crippen molar-refractivity contribution in [3.63, 3.8) is 0 Å². The first kappa shape index (κ1) is 14.4. The second-order valence-corrected chi connectivity index (χ2v) is 4.98. The number of carbonyl (C=O) groups is 1. The first-order chi connectivity index (χ1) is 8.13. The van der Waals surface area contributed by atoms with Gasteiger partial charge in [0.25, 0.3) is 0 Å². The third-order valence-corrected chi connectivity index (χ3v) is 3.12. The smallest absolute Gasteiger partial charge is 0.162 e. The summed E-state index contributed by atoms with van der Waals surface area (Å²) in [5.41, 5.74) is 0.762. The van der Waals surface area contributed by atoms with Crippen LogP contribution in [0.1, 0.15) is 23.2 Å². The van der Waals surface area contributed by atoms with Gasteiger partial charge in [0.2, 0.25) is 0 Å². The number of hydrogen-bond donors (Lipinski definition) is 1. The summed E-state index contributed by atoms with van der Waals surface area (Å²) in [5, 5.41) is 8.74. The van der Waals surface area contributed by atoms with E-state index in [2.05, 4.69) is 15.9 Å². The van der Waals surface area contributed by atoms with Crippen molar-refractivity contribution in [1.82, 2.24) is 4.90 Å². The molecule has 0 heterocycles. The monoisotopic (exact) mass is 299 g/mol. The Hall–Kier alpha value is -0.710. The van der Waals surface area contributed by atoms with Gasteiger partial charge in [-0.1, -0.05) is 28.1 Å². The zero-order valence-electron chi connectivity index (χ0n) is 10.0. The van der Waals surface area contributed by atoms with Gasteiger partial charge in [-0.2, -0.15) is 0 Å². The molecule has 0 saturated heterocycles. The molecular formula is C13H18BrNO2. The standard InChI is InChI=1S/C13H18BrNO2/c1-15(9-10-16)8-2-3-13(17)11-4-6-12(14)7-5-11/h4-7,16H,2-3,8-10H2,1H3. The van der Waals surface area contributed by atoms with Crippen LogP contribution >= 0.6 is 15.9 Å². The number of likely N-dealkylation sites (N-methyl/N-ethyl adjacent to an activating group) is 1. The molecule has 1 rings (SSSR count). The number of nitrogens with zero attached hydrogens (tertiary/aromatic N) is 1. The van der Waals surface area contributed by atoms with Gasteiger partial charge in [-0.15, -0.1) is 0 Å². The van der Waals surface area contributed by atoms with Crippen LogP contribution in [0.15, 0.2) is 28.7 Å². The van der Waals surface area contributed by atoms with Gasteiger partial charge in [-0.3, -0.25) is 4.79 Å². The third-order valence-electron chi connectivity index (χ3n) is 2.59. The van der Waals surface area contributed by atoms with E-state index in [1.165, 1.54) is 0 Å². The molecule has 0 aliphatic rings. The first-order valence-corrected chi connectivity index (χ1v) is 6.51. The lowest BCUT2D eigenvalue weighted by atomic mass is 10.1. The average Bonchev–Trinajstić information content (AvgIpc) is 2.30. The average molecular weight is 300 g/mol. The van der Waals surface area contributed by atoms with E-state index in [0.717, 1.165) is 23.0 Å². The van der Waals surface area contributed by atoms with Crippen LogP contribution in [0.4, 0.5) is 0 Å². The fourth-order valence-corrected chi connectivity index (χ4v) is 1.84. The second-order valence-electron chi connectivity index (χ2n) is 4.06. The minimum absolute atomic E-state index is 0.164.